The Bertz CT molecular complexity index is 440. The fourth-order valence-corrected chi connectivity index (χ4v) is 1.96. The molecule has 0 spiro atoms. The summed E-state index contributed by atoms with van der Waals surface area (Å²) in [6, 6.07) is 5.54. The molecule has 0 aromatic heterocycles. The summed E-state index contributed by atoms with van der Waals surface area (Å²) in [6.07, 6.45) is 1.55. The standard InChI is InChI=1S/C11H13BrClNOS/c1-11(2,3)16(15)14-7-8-5-4-6-9(12)10(8)13/h4-7H,1-3H3. The zero-order valence-electron chi connectivity index (χ0n) is 9.33. The zero-order chi connectivity index (χ0) is 12.3. The van der Waals surface area contributed by atoms with Crippen molar-refractivity contribution in [2.24, 2.45) is 4.40 Å². The van der Waals surface area contributed by atoms with E-state index in [4.69, 9.17) is 11.6 Å². The molecular formula is C11H13BrClNOS. The molecule has 0 fully saturated rings. The molecule has 0 bridgehead atoms. The normalized spacial score (nSPS) is 14.3. The molecule has 0 aliphatic carbocycles. The van der Waals surface area contributed by atoms with Crippen molar-refractivity contribution < 1.29 is 4.21 Å². The van der Waals surface area contributed by atoms with Gasteiger partial charge in [0, 0.05) is 16.3 Å². The van der Waals surface area contributed by atoms with Gasteiger partial charge in [0.05, 0.1) is 9.77 Å². The van der Waals surface area contributed by atoms with Gasteiger partial charge in [-0.15, -0.1) is 0 Å². The minimum absolute atomic E-state index is 0.352. The summed E-state index contributed by atoms with van der Waals surface area (Å²) in [5.41, 5.74) is 0.758. The SMILES string of the molecule is CC(C)(C)S(=O)N=Cc1cccc(Br)c1Cl. The lowest BCUT2D eigenvalue weighted by Crippen LogP contribution is -2.19. The van der Waals surface area contributed by atoms with Crippen LogP contribution in [0.5, 0.6) is 0 Å². The number of hydrogen-bond donors (Lipinski definition) is 0. The fourth-order valence-electron chi connectivity index (χ4n) is 0.883. The molecule has 2 nitrogen and oxygen atoms in total. The van der Waals surface area contributed by atoms with Gasteiger partial charge >= 0.3 is 0 Å². The molecule has 1 unspecified atom stereocenters. The summed E-state index contributed by atoms with van der Waals surface area (Å²) >= 11 is 9.38. The Kier molecular flexibility index (Phi) is 4.71. The minimum Gasteiger partial charge on any atom is -0.234 e. The molecule has 0 amide bonds. The zero-order valence-corrected chi connectivity index (χ0v) is 12.5. The van der Waals surface area contributed by atoms with Gasteiger partial charge in [0.25, 0.3) is 0 Å². The van der Waals surface area contributed by atoms with E-state index in [1.807, 2.05) is 39.0 Å². The van der Waals surface area contributed by atoms with Crippen molar-refractivity contribution in [2.75, 3.05) is 0 Å². The van der Waals surface area contributed by atoms with E-state index in [9.17, 15) is 4.21 Å². The highest BCUT2D eigenvalue weighted by Gasteiger charge is 2.18. The first-order valence-electron chi connectivity index (χ1n) is 4.72. The summed E-state index contributed by atoms with van der Waals surface area (Å²) in [6.45, 7) is 5.63. The maximum absolute atomic E-state index is 11.7. The van der Waals surface area contributed by atoms with Crippen LogP contribution in [0.1, 0.15) is 26.3 Å². The highest BCUT2D eigenvalue weighted by molar-refractivity contribution is 9.10. The second-order valence-electron chi connectivity index (χ2n) is 4.24. The highest BCUT2D eigenvalue weighted by atomic mass is 79.9. The van der Waals surface area contributed by atoms with Crippen molar-refractivity contribution in [3.63, 3.8) is 0 Å². The average Bonchev–Trinajstić information content (AvgIpc) is 2.18. The Balaban J connectivity index is 2.94. The van der Waals surface area contributed by atoms with Crippen molar-refractivity contribution >= 4 is 44.7 Å². The Morgan fingerprint density at radius 2 is 2.06 bits per heavy atom. The van der Waals surface area contributed by atoms with Crippen molar-refractivity contribution in [3.05, 3.63) is 33.3 Å². The predicted molar refractivity (Wildman–Crippen MR) is 74.6 cm³/mol. The van der Waals surface area contributed by atoms with E-state index in [-0.39, 0.29) is 4.75 Å². The molecule has 1 aromatic carbocycles. The summed E-state index contributed by atoms with van der Waals surface area (Å²) in [5, 5.41) is 0.581. The van der Waals surface area contributed by atoms with Gasteiger partial charge < -0.3 is 0 Å². The van der Waals surface area contributed by atoms with E-state index in [0.29, 0.717) is 5.02 Å². The van der Waals surface area contributed by atoms with Crippen LogP contribution >= 0.6 is 27.5 Å². The Hall–Kier alpha value is -0.190. The first-order valence-corrected chi connectivity index (χ1v) is 7.00. The summed E-state index contributed by atoms with van der Waals surface area (Å²) in [4.78, 5) is 0. The summed E-state index contributed by atoms with van der Waals surface area (Å²) in [5.74, 6) is 0. The molecule has 0 saturated carbocycles. The monoisotopic (exact) mass is 321 g/mol. The summed E-state index contributed by atoms with van der Waals surface area (Å²) in [7, 11) is -1.26. The van der Waals surface area contributed by atoms with E-state index < -0.39 is 11.0 Å². The van der Waals surface area contributed by atoms with Gasteiger partial charge in [-0.3, -0.25) is 0 Å². The Labute approximate surface area is 112 Å². The minimum atomic E-state index is -1.26. The predicted octanol–water partition coefficient (Wildman–Crippen LogP) is 3.98. The molecule has 1 rings (SSSR count). The van der Waals surface area contributed by atoms with Gasteiger partial charge in [0.1, 0.15) is 11.0 Å². The smallest absolute Gasteiger partial charge is 0.144 e. The van der Waals surface area contributed by atoms with Gasteiger partial charge in [-0.25, -0.2) is 4.21 Å². The van der Waals surface area contributed by atoms with Crippen LogP contribution < -0.4 is 0 Å². The molecule has 0 aliphatic heterocycles. The number of benzene rings is 1. The third-order valence-electron chi connectivity index (χ3n) is 1.79. The topological polar surface area (TPSA) is 29.4 Å². The molecule has 16 heavy (non-hydrogen) atoms. The van der Waals surface area contributed by atoms with Gasteiger partial charge in [-0.1, -0.05) is 23.7 Å². The van der Waals surface area contributed by atoms with Crippen molar-refractivity contribution in [3.8, 4) is 0 Å². The van der Waals surface area contributed by atoms with Crippen LogP contribution in [0.25, 0.3) is 0 Å². The molecular weight excluding hydrogens is 310 g/mol. The van der Waals surface area contributed by atoms with Crippen LogP contribution in [0.4, 0.5) is 0 Å². The van der Waals surface area contributed by atoms with Crippen LogP contribution in [-0.4, -0.2) is 15.2 Å². The van der Waals surface area contributed by atoms with Crippen LogP contribution in [0.2, 0.25) is 5.02 Å². The van der Waals surface area contributed by atoms with Gasteiger partial charge in [-0.05, 0) is 42.8 Å². The molecule has 0 N–H and O–H groups in total. The van der Waals surface area contributed by atoms with E-state index in [1.165, 1.54) is 0 Å². The van der Waals surface area contributed by atoms with Gasteiger partial charge in [-0.2, -0.15) is 4.40 Å². The molecule has 0 heterocycles. The third-order valence-corrected chi connectivity index (χ3v) is 4.45. The lowest BCUT2D eigenvalue weighted by atomic mass is 10.2. The third kappa shape index (κ3) is 3.68. The largest absolute Gasteiger partial charge is 0.234 e. The second kappa shape index (κ2) is 5.43. The van der Waals surface area contributed by atoms with E-state index in [2.05, 4.69) is 20.3 Å². The van der Waals surface area contributed by atoms with Crippen LogP contribution in [-0.2, 0) is 11.0 Å². The fraction of sp³-hybridized carbons (Fsp3) is 0.364. The van der Waals surface area contributed by atoms with Crippen LogP contribution in [0.15, 0.2) is 27.1 Å². The molecule has 1 aromatic rings. The molecule has 0 saturated heterocycles. The molecule has 88 valence electrons. The first kappa shape index (κ1) is 13.9. The lowest BCUT2D eigenvalue weighted by Gasteiger charge is -2.12. The van der Waals surface area contributed by atoms with E-state index >= 15 is 0 Å². The lowest BCUT2D eigenvalue weighted by molar-refractivity contribution is 0.651. The molecule has 1 atom stereocenters. The van der Waals surface area contributed by atoms with Crippen LogP contribution in [0.3, 0.4) is 0 Å². The first-order chi connectivity index (χ1) is 7.32. The van der Waals surface area contributed by atoms with Gasteiger partial charge in [0.15, 0.2) is 0 Å². The van der Waals surface area contributed by atoms with Gasteiger partial charge in [0.2, 0.25) is 0 Å². The molecule has 5 heteroatoms. The highest BCUT2D eigenvalue weighted by Crippen LogP contribution is 2.25. The maximum atomic E-state index is 11.7. The van der Waals surface area contributed by atoms with E-state index in [1.54, 1.807) is 6.21 Å². The van der Waals surface area contributed by atoms with Crippen molar-refractivity contribution in [1.82, 2.24) is 0 Å². The molecule has 0 aliphatic rings. The number of nitrogens with zero attached hydrogens (tertiary/aromatic N) is 1. The Morgan fingerprint density at radius 1 is 1.44 bits per heavy atom. The molecule has 0 radical (unpaired) electrons. The quantitative estimate of drug-likeness (QED) is 0.757. The van der Waals surface area contributed by atoms with E-state index in [0.717, 1.165) is 10.0 Å². The number of hydrogen-bond acceptors (Lipinski definition) is 1. The maximum Gasteiger partial charge on any atom is 0.144 e. The number of halogens is 2. The number of rotatable bonds is 2. The average molecular weight is 323 g/mol. The summed E-state index contributed by atoms with van der Waals surface area (Å²) < 4.78 is 16.2. The Morgan fingerprint density at radius 3 is 2.62 bits per heavy atom. The van der Waals surface area contributed by atoms with Crippen molar-refractivity contribution in [2.45, 2.75) is 25.5 Å². The van der Waals surface area contributed by atoms with Crippen LogP contribution in [0, 0.1) is 0 Å². The van der Waals surface area contributed by atoms with Crippen molar-refractivity contribution in [1.29, 1.82) is 0 Å². The second-order valence-corrected chi connectivity index (χ2v) is 7.41.